The van der Waals surface area contributed by atoms with Gasteiger partial charge in [0.2, 0.25) is 5.91 Å². The summed E-state index contributed by atoms with van der Waals surface area (Å²) in [7, 11) is 1.59. The van der Waals surface area contributed by atoms with Gasteiger partial charge >= 0.3 is 0 Å². The highest BCUT2D eigenvalue weighted by molar-refractivity contribution is 7.99. The van der Waals surface area contributed by atoms with Gasteiger partial charge in [0, 0.05) is 43.9 Å². The van der Waals surface area contributed by atoms with Crippen LogP contribution in [0.25, 0.3) is 10.9 Å². The number of thioether (sulfide) groups is 1. The molecule has 2 heterocycles. The number of aromatic nitrogens is 2. The van der Waals surface area contributed by atoms with Crippen molar-refractivity contribution in [1.82, 2.24) is 19.8 Å². The zero-order valence-electron chi connectivity index (χ0n) is 17.7. The largest absolute Gasteiger partial charge is 0.497 e. The number of fused-ring (bicyclic) bond motifs is 1. The second kappa shape index (κ2) is 9.86. The molecular weight excluding hydrogens is 428 g/mol. The molecule has 0 aliphatic carbocycles. The Balaban J connectivity index is 1.25. The summed E-state index contributed by atoms with van der Waals surface area (Å²) in [6.07, 6.45) is 0.341. The molecule has 8 nitrogen and oxygen atoms in total. The summed E-state index contributed by atoms with van der Waals surface area (Å²) < 4.78 is 5.13. The summed E-state index contributed by atoms with van der Waals surface area (Å²) in [5.41, 5.74) is 1.07. The van der Waals surface area contributed by atoms with E-state index in [0.717, 1.165) is 0 Å². The fraction of sp³-hybridized carbons (Fsp3) is 0.304. The number of hydrogen-bond donors (Lipinski definition) is 1. The summed E-state index contributed by atoms with van der Waals surface area (Å²) in [4.78, 5) is 48.2. The van der Waals surface area contributed by atoms with Gasteiger partial charge in [-0.3, -0.25) is 14.4 Å². The molecule has 1 fully saturated rings. The molecule has 1 saturated heterocycles. The molecule has 1 aromatic heterocycles. The smallest absolute Gasteiger partial charge is 0.259 e. The molecule has 9 heteroatoms. The summed E-state index contributed by atoms with van der Waals surface area (Å²) in [6.45, 7) is 2.03. The van der Waals surface area contributed by atoms with E-state index in [-0.39, 0.29) is 17.4 Å². The Kier molecular flexibility index (Phi) is 6.75. The van der Waals surface area contributed by atoms with Crippen LogP contribution in [-0.4, -0.2) is 70.6 Å². The molecule has 0 atom stereocenters. The lowest BCUT2D eigenvalue weighted by Crippen LogP contribution is -2.50. The first-order valence-corrected chi connectivity index (χ1v) is 11.4. The Labute approximate surface area is 189 Å². The quantitative estimate of drug-likeness (QED) is 0.456. The second-order valence-corrected chi connectivity index (χ2v) is 8.47. The number of amides is 2. The first-order chi connectivity index (χ1) is 15.5. The number of ether oxygens (including phenoxy) is 1. The van der Waals surface area contributed by atoms with Crippen molar-refractivity contribution in [3.05, 3.63) is 64.4 Å². The van der Waals surface area contributed by atoms with Gasteiger partial charge in [0.25, 0.3) is 11.5 Å². The first kappa shape index (κ1) is 21.9. The average molecular weight is 453 g/mol. The van der Waals surface area contributed by atoms with Crippen molar-refractivity contribution >= 4 is 34.5 Å². The standard InChI is InChI=1S/C23H24N4O4S/c1-31-17-8-6-16(7-9-17)22(30)27-13-11-26(12-14-27)20(28)10-15-32-23-24-19-5-3-2-4-18(19)21(29)25-23/h2-9H,10-15H2,1H3,(H,24,25,29). The van der Waals surface area contributed by atoms with E-state index in [1.54, 1.807) is 59.4 Å². The minimum atomic E-state index is -0.179. The normalized spacial score (nSPS) is 13.9. The van der Waals surface area contributed by atoms with E-state index in [2.05, 4.69) is 9.97 Å². The number of H-pyrrole nitrogens is 1. The summed E-state index contributed by atoms with van der Waals surface area (Å²) in [5.74, 6) is 1.22. The Bertz CT molecular complexity index is 1170. The van der Waals surface area contributed by atoms with Gasteiger partial charge in [0.15, 0.2) is 5.16 Å². The number of carbonyl (C=O) groups is 2. The molecule has 1 N–H and O–H groups in total. The minimum Gasteiger partial charge on any atom is -0.497 e. The van der Waals surface area contributed by atoms with Crippen LogP contribution in [0.3, 0.4) is 0 Å². The zero-order chi connectivity index (χ0) is 22.5. The minimum absolute atomic E-state index is 0.0391. The molecular formula is C23H24N4O4S. The second-order valence-electron chi connectivity index (χ2n) is 7.39. The number of nitrogens with zero attached hydrogens (tertiary/aromatic N) is 3. The van der Waals surface area contributed by atoms with Gasteiger partial charge in [-0.1, -0.05) is 23.9 Å². The van der Waals surface area contributed by atoms with Crippen LogP contribution in [-0.2, 0) is 4.79 Å². The third-order valence-electron chi connectivity index (χ3n) is 5.40. The molecule has 0 unspecified atom stereocenters. The fourth-order valence-corrected chi connectivity index (χ4v) is 4.40. The monoisotopic (exact) mass is 452 g/mol. The SMILES string of the molecule is COc1ccc(C(=O)N2CCN(C(=O)CCSc3nc4ccccc4c(=O)[nH]3)CC2)cc1. The van der Waals surface area contributed by atoms with Crippen molar-refractivity contribution in [3.8, 4) is 5.75 Å². The molecule has 0 saturated carbocycles. The number of carbonyl (C=O) groups excluding carboxylic acids is 2. The van der Waals surface area contributed by atoms with Crippen LogP contribution in [0.15, 0.2) is 58.5 Å². The lowest BCUT2D eigenvalue weighted by Gasteiger charge is -2.35. The molecule has 1 aliphatic rings. The third kappa shape index (κ3) is 4.94. The maximum absolute atomic E-state index is 12.7. The molecule has 0 spiro atoms. The number of rotatable bonds is 6. The van der Waals surface area contributed by atoms with E-state index >= 15 is 0 Å². The van der Waals surface area contributed by atoms with Crippen molar-refractivity contribution in [1.29, 1.82) is 0 Å². The molecule has 2 aromatic carbocycles. The third-order valence-corrected chi connectivity index (χ3v) is 6.28. The van der Waals surface area contributed by atoms with Crippen LogP contribution in [0.4, 0.5) is 0 Å². The maximum Gasteiger partial charge on any atom is 0.259 e. The summed E-state index contributed by atoms with van der Waals surface area (Å²) >= 11 is 1.36. The number of aromatic amines is 1. The number of methoxy groups -OCH3 is 1. The predicted octanol–water partition coefficient (Wildman–Crippen LogP) is 2.40. The fourth-order valence-electron chi connectivity index (χ4n) is 3.60. The predicted molar refractivity (Wildman–Crippen MR) is 123 cm³/mol. The van der Waals surface area contributed by atoms with E-state index in [1.807, 2.05) is 6.07 Å². The van der Waals surface area contributed by atoms with Crippen LogP contribution >= 0.6 is 11.8 Å². The van der Waals surface area contributed by atoms with Crippen molar-refractivity contribution in [2.75, 3.05) is 39.0 Å². The number of nitrogens with one attached hydrogen (secondary N) is 1. The van der Waals surface area contributed by atoms with Gasteiger partial charge in [0.05, 0.1) is 18.0 Å². The van der Waals surface area contributed by atoms with Gasteiger partial charge in [0.1, 0.15) is 5.75 Å². The molecule has 32 heavy (non-hydrogen) atoms. The number of hydrogen-bond acceptors (Lipinski definition) is 6. The summed E-state index contributed by atoms with van der Waals surface area (Å²) in [6, 6.07) is 14.2. The maximum atomic E-state index is 12.7. The first-order valence-electron chi connectivity index (χ1n) is 10.4. The highest BCUT2D eigenvalue weighted by Gasteiger charge is 2.24. The van der Waals surface area contributed by atoms with Gasteiger partial charge in [-0.25, -0.2) is 4.98 Å². The molecule has 0 bridgehead atoms. The molecule has 3 aromatic rings. The van der Waals surface area contributed by atoms with Crippen LogP contribution in [0.5, 0.6) is 5.75 Å². The van der Waals surface area contributed by atoms with Gasteiger partial charge in [-0.15, -0.1) is 0 Å². The van der Waals surface area contributed by atoms with Crippen molar-refractivity contribution in [2.24, 2.45) is 0 Å². The van der Waals surface area contributed by atoms with Gasteiger partial charge in [-0.2, -0.15) is 0 Å². The average Bonchev–Trinajstić information content (AvgIpc) is 2.84. The van der Waals surface area contributed by atoms with E-state index in [1.165, 1.54) is 11.8 Å². The van der Waals surface area contributed by atoms with E-state index in [0.29, 0.717) is 65.7 Å². The van der Waals surface area contributed by atoms with Crippen LogP contribution < -0.4 is 10.3 Å². The summed E-state index contributed by atoms with van der Waals surface area (Å²) in [5, 5.41) is 1.06. The van der Waals surface area contributed by atoms with Crippen LogP contribution in [0.1, 0.15) is 16.8 Å². The molecule has 0 radical (unpaired) electrons. The van der Waals surface area contributed by atoms with Crippen LogP contribution in [0.2, 0.25) is 0 Å². The van der Waals surface area contributed by atoms with Crippen LogP contribution in [0, 0.1) is 0 Å². The number of benzene rings is 2. The van der Waals surface area contributed by atoms with Crippen molar-refractivity contribution < 1.29 is 14.3 Å². The van der Waals surface area contributed by atoms with Crippen molar-refractivity contribution in [2.45, 2.75) is 11.6 Å². The lowest BCUT2D eigenvalue weighted by molar-refractivity contribution is -0.132. The Morgan fingerprint density at radius 2 is 1.72 bits per heavy atom. The topological polar surface area (TPSA) is 95.6 Å². The Morgan fingerprint density at radius 1 is 1.03 bits per heavy atom. The van der Waals surface area contributed by atoms with E-state index in [9.17, 15) is 14.4 Å². The van der Waals surface area contributed by atoms with E-state index in [4.69, 9.17) is 4.74 Å². The van der Waals surface area contributed by atoms with Crippen molar-refractivity contribution in [3.63, 3.8) is 0 Å². The molecule has 1 aliphatic heterocycles. The zero-order valence-corrected chi connectivity index (χ0v) is 18.6. The molecule has 2 amide bonds. The van der Waals surface area contributed by atoms with Gasteiger partial charge in [-0.05, 0) is 36.4 Å². The molecule has 166 valence electrons. The Hall–Kier alpha value is -3.33. The highest BCUT2D eigenvalue weighted by atomic mass is 32.2. The van der Waals surface area contributed by atoms with Gasteiger partial charge < -0.3 is 19.5 Å². The van der Waals surface area contributed by atoms with E-state index < -0.39 is 0 Å². The highest BCUT2D eigenvalue weighted by Crippen LogP contribution is 2.17. The Morgan fingerprint density at radius 3 is 2.44 bits per heavy atom. The lowest BCUT2D eigenvalue weighted by atomic mass is 10.1. The number of para-hydroxylation sites is 1. The molecule has 4 rings (SSSR count). The number of piperazine rings is 1.